The molecule has 8 nitrogen and oxygen atoms in total. The van der Waals surface area contributed by atoms with E-state index in [9.17, 15) is 18.0 Å². The van der Waals surface area contributed by atoms with Crippen LogP contribution in [-0.2, 0) is 24.3 Å². The van der Waals surface area contributed by atoms with Gasteiger partial charge in [-0.1, -0.05) is 24.1 Å². The number of hydrogen-bond donors (Lipinski definition) is 2. The van der Waals surface area contributed by atoms with Crippen molar-refractivity contribution in [2.75, 3.05) is 26.2 Å². The smallest absolute Gasteiger partial charge is 0.309 e. The Morgan fingerprint density at radius 1 is 1.03 bits per heavy atom. The molecule has 1 aromatic rings. The van der Waals surface area contributed by atoms with E-state index in [1.165, 1.54) is 0 Å². The highest BCUT2D eigenvalue weighted by atomic mass is 32.2. The van der Waals surface area contributed by atoms with Gasteiger partial charge in [-0.15, -0.1) is 0 Å². The molecule has 2 aliphatic rings. The van der Waals surface area contributed by atoms with Crippen LogP contribution in [0.3, 0.4) is 0 Å². The summed E-state index contributed by atoms with van der Waals surface area (Å²) < 4.78 is 34.1. The normalized spacial score (nSPS) is 22.0. The molecule has 2 saturated heterocycles. The van der Waals surface area contributed by atoms with Crippen LogP contribution in [0.15, 0.2) is 17.0 Å². The molecule has 178 valence electrons. The molecule has 2 aliphatic heterocycles. The van der Waals surface area contributed by atoms with Crippen LogP contribution >= 0.6 is 0 Å². The second-order valence-corrected chi connectivity index (χ2v) is 10.7. The van der Waals surface area contributed by atoms with Crippen molar-refractivity contribution in [3.63, 3.8) is 0 Å². The summed E-state index contributed by atoms with van der Waals surface area (Å²) in [5.41, 5.74) is 2.54. The van der Waals surface area contributed by atoms with E-state index in [1.54, 1.807) is 4.31 Å². The summed E-state index contributed by atoms with van der Waals surface area (Å²) in [5, 5.41) is 5.24. The van der Waals surface area contributed by atoms with E-state index in [-0.39, 0.29) is 18.7 Å². The van der Waals surface area contributed by atoms with E-state index in [4.69, 9.17) is 4.74 Å². The monoisotopic (exact) mass is 465 g/mol. The molecular formula is C23H35N3O5S. The number of hydrogen-bond acceptors (Lipinski definition) is 5. The Hall–Kier alpha value is -1.97. The van der Waals surface area contributed by atoms with Gasteiger partial charge in [-0.3, -0.25) is 9.59 Å². The Morgan fingerprint density at radius 2 is 1.72 bits per heavy atom. The average molecular weight is 466 g/mol. The van der Waals surface area contributed by atoms with Crippen molar-refractivity contribution in [1.82, 2.24) is 14.9 Å². The van der Waals surface area contributed by atoms with Crippen LogP contribution in [0.1, 0.15) is 55.2 Å². The zero-order valence-electron chi connectivity index (χ0n) is 19.3. The van der Waals surface area contributed by atoms with Gasteiger partial charge in [0.2, 0.25) is 10.0 Å². The number of nitrogens with zero attached hydrogens (tertiary/aromatic N) is 1. The number of carbonyl (C=O) groups excluding carboxylic acids is 2. The predicted octanol–water partition coefficient (Wildman–Crippen LogP) is 1.96. The molecule has 0 aromatic heterocycles. The van der Waals surface area contributed by atoms with Gasteiger partial charge in [0, 0.05) is 32.3 Å². The van der Waals surface area contributed by atoms with Crippen LogP contribution in [0.4, 0.5) is 0 Å². The summed E-state index contributed by atoms with van der Waals surface area (Å²) in [6.07, 6.45) is 4.79. The van der Waals surface area contributed by atoms with Crippen molar-refractivity contribution in [3.8, 4) is 0 Å². The molecule has 2 amide bonds. The molecule has 0 saturated carbocycles. The standard InChI is InChI=1S/C23H35N3O5S/c1-16-13-17(2)21(18(3)14-16)32(29,30)26-11-5-4-7-19(26)9-10-24-22(27)23(28)25-15-20-8-6-12-31-20/h13-14,19-20H,4-12,15H2,1-3H3,(H,24,27)(H,25,28)/t19-,20-/m0/s1. The Morgan fingerprint density at radius 3 is 2.38 bits per heavy atom. The van der Waals surface area contributed by atoms with Crippen LogP contribution < -0.4 is 10.6 Å². The SMILES string of the molecule is Cc1cc(C)c(S(=O)(=O)N2CCCC[C@H]2CCNC(=O)C(=O)NC[C@@H]2CCCO2)c(C)c1. The summed E-state index contributed by atoms with van der Waals surface area (Å²) in [5.74, 6) is -1.38. The minimum atomic E-state index is -3.65. The lowest BCUT2D eigenvalue weighted by Gasteiger charge is -2.35. The maximum atomic E-state index is 13.5. The zero-order valence-corrected chi connectivity index (χ0v) is 20.1. The lowest BCUT2D eigenvalue weighted by Crippen LogP contribution is -2.47. The first-order valence-corrected chi connectivity index (χ1v) is 12.9. The molecule has 32 heavy (non-hydrogen) atoms. The highest BCUT2D eigenvalue weighted by Crippen LogP contribution is 2.31. The number of sulfonamides is 1. The van der Waals surface area contributed by atoms with Crippen LogP contribution in [-0.4, -0.2) is 62.9 Å². The van der Waals surface area contributed by atoms with Gasteiger partial charge in [0.05, 0.1) is 11.0 Å². The van der Waals surface area contributed by atoms with Gasteiger partial charge in [-0.2, -0.15) is 4.31 Å². The fourth-order valence-corrected chi connectivity index (χ4v) is 6.93. The van der Waals surface area contributed by atoms with Crippen molar-refractivity contribution in [3.05, 3.63) is 28.8 Å². The molecule has 1 aromatic carbocycles. The quantitative estimate of drug-likeness (QED) is 0.599. The van der Waals surface area contributed by atoms with Crippen molar-refractivity contribution in [1.29, 1.82) is 0 Å². The Labute approximate surface area is 191 Å². The number of rotatable bonds is 7. The lowest BCUT2D eigenvalue weighted by atomic mass is 10.0. The third kappa shape index (κ3) is 5.88. The average Bonchev–Trinajstić information content (AvgIpc) is 3.25. The van der Waals surface area contributed by atoms with E-state index in [0.29, 0.717) is 31.0 Å². The van der Waals surface area contributed by atoms with Crippen molar-refractivity contribution in [2.45, 2.75) is 76.3 Å². The van der Waals surface area contributed by atoms with E-state index in [1.807, 2.05) is 32.9 Å². The van der Waals surface area contributed by atoms with Gasteiger partial charge in [0.1, 0.15) is 0 Å². The second kappa shape index (κ2) is 10.8. The Balaban J connectivity index is 1.58. The van der Waals surface area contributed by atoms with Gasteiger partial charge < -0.3 is 15.4 Å². The summed E-state index contributed by atoms with van der Waals surface area (Å²) in [7, 11) is -3.65. The highest BCUT2D eigenvalue weighted by molar-refractivity contribution is 7.89. The van der Waals surface area contributed by atoms with Gasteiger partial charge in [0.25, 0.3) is 0 Å². The Bertz CT molecular complexity index is 918. The molecule has 2 fully saturated rings. The summed E-state index contributed by atoms with van der Waals surface area (Å²) >= 11 is 0. The number of carbonyl (C=O) groups is 2. The summed E-state index contributed by atoms with van der Waals surface area (Å²) in [6, 6.07) is 3.59. The van der Waals surface area contributed by atoms with Crippen molar-refractivity contribution < 1.29 is 22.7 Å². The lowest BCUT2D eigenvalue weighted by molar-refractivity contribution is -0.139. The first-order valence-electron chi connectivity index (χ1n) is 11.5. The molecule has 2 N–H and O–H groups in total. The first-order chi connectivity index (χ1) is 15.2. The molecule has 0 aliphatic carbocycles. The summed E-state index contributed by atoms with van der Waals surface area (Å²) in [6.45, 7) is 7.36. The number of ether oxygens (including phenoxy) is 1. The minimum Gasteiger partial charge on any atom is -0.376 e. The fraction of sp³-hybridized carbons (Fsp3) is 0.652. The van der Waals surface area contributed by atoms with E-state index in [2.05, 4.69) is 10.6 Å². The van der Waals surface area contributed by atoms with Crippen LogP contribution in [0, 0.1) is 20.8 Å². The topological polar surface area (TPSA) is 105 Å². The molecule has 0 radical (unpaired) electrons. The maximum absolute atomic E-state index is 13.5. The number of nitrogens with one attached hydrogen (secondary N) is 2. The largest absolute Gasteiger partial charge is 0.376 e. The van der Waals surface area contributed by atoms with E-state index >= 15 is 0 Å². The predicted molar refractivity (Wildman–Crippen MR) is 122 cm³/mol. The number of piperidine rings is 1. The van der Waals surface area contributed by atoms with E-state index in [0.717, 1.165) is 48.8 Å². The number of benzene rings is 1. The molecule has 9 heteroatoms. The molecule has 2 atom stereocenters. The van der Waals surface area contributed by atoms with Gasteiger partial charge >= 0.3 is 11.8 Å². The minimum absolute atomic E-state index is 0.0264. The van der Waals surface area contributed by atoms with Crippen molar-refractivity contribution in [2.24, 2.45) is 0 Å². The molecule has 0 unspecified atom stereocenters. The van der Waals surface area contributed by atoms with Crippen molar-refractivity contribution >= 4 is 21.8 Å². The summed E-state index contributed by atoms with van der Waals surface area (Å²) in [4.78, 5) is 24.5. The van der Waals surface area contributed by atoms with Gasteiger partial charge in [-0.05, 0) is 64.0 Å². The molecule has 3 rings (SSSR count). The second-order valence-electron chi connectivity index (χ2n) is 8.88. The molecule has 0 spiro atoms. The third-order valence-electron chi connectivity index (χ3n) is 6.23. The van der Waals surface area contributed by atoms with Gasteiger partial charge in [-0.25, -0.2) is 8.42 Å². The first kappa shape index (κ1) is 24.7. The van der Waals surface area contributed by atoms with Crippen LogP contribution in [0.2, 0.25) is 0 Å². The van der Waals surface area contributed by atoms with E-state index < -0.39 is 21.8 Å². The van der Waals surface area contributed by atoms with Gasteiger partial charge in [0.15, 0.2) is 0 Å². The molecule has 0 bridgehead atoms. The molecular weight excluding hydrogens is 430 g/mol. The highest BCUT2D eigenvalue weighted by Gasteiger charge is 2.35. The van der Waals surface area contributed by atoms with Crippen LogP contribution in [0.25, 0.3) is 0 Å². The fourth-order valence-electron chi connectivity index (χ4n) is 4.79. The maximum Gasteiger partial charge on any atom is 0.309 e. The zero-order chi connectivity index (χ0) is 23.3. The Kier molecular flexibility index (Phi) is 8.30. The number of amides is 2. The number of aryl methyl sites for hydroxylation is 3. The third-order valence-corrected chi connectivity index (χ3v) is 8.49. The molecule has 2 heterocycles. The van der Waals surface area contributed by atoms with Crippen LogP contribution in [0.5, 0.6) is 0 Å².